The van der Waals surface area contributed by atoms with Crippen LogP contribution in [0, 0.1) is 0 Å². The molecule has 2 heterocycles. The Morgan fingerprint density at radius 1 is 1.17 bits per heavy atom. The van der Waals surface area contributed by atoms with E-state index in [4.69, 9.17) is 21.0 Å². The highest BCUT2D eigenvalue weighted by atomic mass is 35.5. The van der Waals surface area contributed by atoms with Gasteiger partial charge in [-0.25, -0.2) is 10.4 Å². The Hall–Kier alpha value is -3.03. The number of rotatable bonds is 7. The first-order valence-electron chi connectivity index (χ1n) is 9.29. The summed E-state index contributed by atoms with van der Waals surface area (Å²) in [5.41, 5.74) is 6.18. The quantitative estimate of drug-likeness (QED) is 0.251. The standard InChI is InChI=1S/C22H19ClN4O2S/c1-15(20-7-4-12-29-20)25-26-21(28)14-30-22-24-18-5-2-3-6-19(18)27(22)13-16-8-10-17(23)11-9-16/h2-12H,13-14H2,1H3,(H,26,28)/b25-15-. The van der Waals surface area contributed by atoms with Crippen LogP contribution in [-0.4, -0.2) is 26.9 Å². The van der Waals surface area contributed by atoms with Crippen LogP contribution in [0.15, 0.2) is 81.6 Å². The van der Waals surface area contributed by atoms with Crippen molar-refractivity contribution in [2.24, 2.45) is 5.10 Å². The van der Waals surface area contributed by atoms with Crippen LogP contribution in [-0.2, 0) is 11.3 Å². The molecule has 0 saturated heterocycles. The third-order valence-electron chi connectivity index (χ3n) is 4.43. The summed E-state index contributed by atoms with van der Waals surface area (Å²) in [6.45, 7) is 2.41. The van der Waals surface area contributed by atoms with Crippen molar-refractivity contribution in [2.45, 2.75) is 18.6 Å². The maximum Gasteiger partial charge on any atom is 0.250 e. The van der Waals surface area contributed by atoms with Gasteiger partial charge in [-0.15, -0.1) is 0 Å². The topological polar surface area (TPSA) is 72.4 Å². The fourth-order valence-electron chi connectivity index (χ4n) is 2.94. The monoisotopic (exact) mass is 438 g/mol. The third kappa shape index (κ3) is 4.75. The van der Waals surface area contributed by atoms with Crippen molar-refractivity contribution in [3.63, 3.8) is 0 Å². The molecule has 2 aromatic carbocycles. The Morgan fingerprint density at radius 3 is 2.73 bits per heavy atom. The van der Waals surface area contributed by atoms with Gasteiger partial charge in [0.25, 0.3) is 5.91 Å². The van der Waals surface area contributed by atoms with E-state index in [0.717, 1.165) is 21.8 Å². The zero-order valence-corrected chi connectivity index (χ0v) is 17.8. The Bertz CT molecular complexity index is 1180. The van der Waals surface area contributed by atoms with Crippen LogP contribution in [0.2, 0.25) is 5.02 Å². The first-order chi connectivity index (χ1) is 14.6. The molecule has 0 aliphatic rings. The highest BCUT2D eigenvalue weighted by Crippen LogP contribution is 2.25. The second kappa shape index (κ2) is 9.19. The molecule has 30 heavy (non-hydrogen) atoms. The SMILES string of the molecule is C/C(=N/NC(=O)CSc1nc2ccccc2n1Cc1ccc(Cl)cc1)c1ccco1. The third-order valence-corrected chi connectivity index (χ3v) is 5.66. The number of hydrogen-bond acceptors (Lipinski definition) is 5. The lowest BCUT2D eigenvalue weighted by Gasteiger charge is -2.09. The molecule has 2 aromatic heterocycles. The van der Waals surface area contributed by atoms with E-state index < -0.39 is 0 Å². The van der Waals surface area contributed by atoms with Crippen molar-refractivity contribution >= 4 is 46.0 Å². The predicted octanol–water partition coefficient (Wildman–Crippen LogP) is 4.96. The maximum atomic E-state index is 12.3. The Labute approximate surface area is 182 Å². The van der Waals surface area contributed by atoms with E-state index in [2.05, 4.69) is 15.1 Å². The number of thioether (sulfide) groups is 1. The summed E-state index contributed by atoms with van der Waals surface area (Å²) in [6, 6.07) is 19.2. The zero-order valence-electron chi connectivity index (χ0n) is 16.2. The van der Waals surface area contributed by atoms with Crippen LogP contribution in [0.3, 0.4) is 0 Å². The van der Waals surface area contributed by atoms with E-state index in [0.29, 0.717) is 23.0 Å². The Kier molecular flexibility index (Phi) is 6.21. The fourth-order valence-corrected chi connectivity index (χ4v) is 3.87. The molecule has 0 aliphatic carbocycles. The molecular weight excluding hydrogens is 420 g/mol. The number of amides is 1. The molecule has 1 N–H and O–H groups in total. The highest BCUT2D eigenvalue weighted by molar-refractivity contribution is 7.99. The molecule has 0 saturated carbocycles. The van der Waals surface area contributed by atoms with Crippen molar-refractivity contribution < 1.29 is 9.21 Å². The molecule has 0 radical (unpaired) electrons. The lowest BCUT2D eigenvalue weighted by atomic mass is 10.2. The number of aromatic nitrogens is 2. The van der Waals surface area contributed by atoms with E-state index in [9.17, 15) is 4.79 Å². The molecule has 152 valence electrons. The lowest BCUT2D eigenvalue weighted by molar-refractivity contribution is -0.118. The number of benzene rings is 2. The van der Waals surface area contributed by atoms with E-state index in [-0.39, 0.29) is 11.7 Å². The zero-order chi connectivity index (χ0) is 20.9. The molecule has 0 spiro atoms. The van der Waals surface area contributed by atoms with Crippen molar-refractivity contribution in [3.05, 3.63) is 83.3 Å². The molecule has 6 nitrogen and oxygen atoms in total. The average Bonchev–Trinajstić information content (AvgIpc) is 3.41. The Morgan fingerprint density at radius 2 is 1.97 bits per heavy atom. The first kappa shape index (κ1) is 20.3. The highest BCUT2D eigenvalue weighted by Gasteiger charge is 2.13. The van der Waals surface area contributed by atoms with E-state index in [1.807, 2.05) is 48.5 Å². The van der Waals surface area contributed by atoms with Gasteiger partial charge in [-0.05, 0) is 48.9 Å². The normalized spacial score (nSPS) is 11.7. The van der Waals surface area contributed by atoms with Gasteiger partial charge >= 0.3 is 0 Å². The average molecular weight is 439 g/mol. The smallest absolute Gasteiger partial charge is 0.250 e. The molecule has 1 amide bonds. The van der Waals surface area contributed by atoms with Gasteiger partial charge < -0.3 is 8.98 Å². The summed E-state index contributed by atoms with van der Waals surface area (Å²) in [7, 11) is 0. The first-order valence-corrected chi connectivity index (χ1v) is 10.7. The minimum atomic E-state index is -0.212. The summed E-state index contributed by atoms with van der Waals surface area (Å²) >= 11 is 7.38. The van der Waals surface area contributed by atoms with Crippen LogP contribution in [0.1, 0.15) is 18.2 Å². The number of halogens is 1. The summed E-state index contributed by atoms with van der Waals surface area (Å²) in [4.78, 5) is 17.0. The van der Waals surface area contributed by atoms with Crippen LogP contribution in [0.4, 0.5) is 0 Å². The van der Waals surface area contributed by atoms with Gasteiger partial charge in [0.05, 0.1) is 29.6 Å². The van der Waals surface area contributed by atoms with Crippen LogP contribution in [0.25, 0.3) is 11.0 Å². The number of nitrogens with zero attached hydrogens (tertiary/aromatic N) is 3. The van der Waals surface area contributed by atoms with Gasteiger partial charge in [0.1, 0.15) is 11.5 Å². The number of carbonyl (C=O) groups is 1. The van der Waals surface area contributed by atoms with Gasteiger partial charge in [-0.3, -0.25) is 4.79 Å². The van der Waals surface area contributed by atoms with Gasteiger partial charge in [0.2, 0.25) is 0 Å². The van der Waals surface area contributed by atoms with E-state index in [1.165, 1.54) is 11.8 Å². The number of para-hydroxylation sites is 2. The van der Waals surface area contributed by atoms with E-state index >= 15 is 0 Å². The molecular formula is C22H19ClN4O2S. The van der Waals surface area contributed by atoms with Crippen LogP contribution < -0.4 is 5.43 Å². The van der Waals surface area contributed by atoms with Crippen molar-refractivity contribution in [2.75, 3.05) is 5.75 Å². The summed E-state index contributed by atoms with van der Waals surface area (Å²) < 4.78 is 7.37. The number of hydrogen-bond donors (Lipinski definition) is 1. The predicted molar refractivity (Wildman–Crippen MR) is 120 cm³/mol. The van der Waals surface area contributed by atoms with Gasteiger partial charge in [-0.1, -0.05) is 47.6 Å². The number of carbonyl (C=O) groups excluding carboxylic acids is 1. The maximum absolute atomic E-state index is 12.3. The van der Waals surface area contributed by atoms with Gasteiger partial charge in [0, 0.05) is 5.02 Å². The molecule has 8 heteroatoms. The second-order valence-corrected chi connectivity index (χ2v) is 7.97. The summed E-state index contributed by atoms with van der Waals surface area (Å²) in [5.74, 6) is 0.600. The minimum Gasteiger partial charge on any atom is -0.463 e. The summed E-state index contributed by atoms with van der Waals surface area (Å²) in [6.07, 6.45) is 1.57. The molecule has 0 fully saturated rings. The number of nitrogens with one attached hydrogen (secondary N) is 1. The molecule has 4 rings (SSSR count). The van der Waals surface area contributed by atoms with Crippen molar-refractivity contribution in [1.29, 1.82) is 0 Å². The largest absolute Gasteiger partial charge is 0.463 e. The fraction of sp³-hybridized carbons (Fsp3) is 0.136. The number of hydrazone groups is 1. The lowest BCUT2D eigenvalue weighted by Crippen LogP contribution is -2.21. The molecule has 4 aromatic rings. The molecule has 0 aliphatic heterocycles. The number of furan rings is 1. The van der Waals surface area contributed by atoms with Gasteiger partial charge in [-0.2, -0.15) is 5.10 Å². The van der Waals surface area contributed by atoms with Gasteiger partial charge in [0.15, 0.2) is 5.16 Å². The molecule has 0 unspecified atom stereocenters. The minimum absolute atomic E-state index is 0.193. The van der Waals surface area contributed by atoms with Crippen molar-refractivity contribution in [3.8, 4) is 0 Å². The van der Waals surface area contributed by atoms with Crippen LogP contribution >= 0.6 is 23.4 Å². The molecule has 0 atom stereocenters. The number of fused-ring (bicyclic) bond motifs is 1. The molecule has 0 bridgehead atoms. The number of imidazole rings is 1. The van der Waals surface area contributed by atoms with Crippen LogP contribution in [0.5, 0.6) is 0 Å². The van der Waals surface area contributed by atoms with Crippen molar-refractivity contribution in [1.82, 2.24) is 15.0 Å². The summed E-state index contributed by atoms with van der Waals surface area (Å²) in [5, 5.41) is 5.56. The Balaban J connectivity index is 1.48. The second-order valence-electron chi connectivity index (χ2n) is 6.59. The van der Waals surface area contributed by atoms with E-state index in [1.54, 1.807) is 25.3 Å².